The summed E-state index contributed by atoms with van der Waals surface area (Å²) in [4.78, 5) is 6.82. The van der Waals surface area contributed by atoms with E-state index in [4.69, 9.17) is 11.6 Å². The molecule has 22 heavy (non-hydrogen) atoms. The molecule has 2 aromatic rings. The number of halogens is 1. The molecule has 0 amide bonds. The van der Waals surface area contributed by atoms with Crippen molar-refractivity contribution in [1.82, 2.24) is 9.71 Å². The van der Waals surface area contributed by atoms with E-state index in [1.807, 2.05) is 30.3 Å². The van der Waals surface area contributed by atoms with Gasteiger partial charge in [0.1, 0.15) is 5.82 Å². The van der Waals surface area contributed by atoms with Gasteiger partial charge in [0.25, 0.3) is 0 Å². The van der Waals surface area contributed by atoms with E-state index in [1.165, 1.54) is 6.26 Å². The summed E-state index contributed by atoms with van der Waals surface area (Å²) < 4.78 is 25.2. The van der Waals surface area contributed by atoms with Gasteiger partial charge in [0.2, 0.25) is 10.0 Å². The fraction of sp³-hybridized carbons (Fsp3) is 0.400. The molecule has 0 aliphatic carbocycles. The molecule has 0 saturated carbocycles. The van der Waals surface area contributed by atoms with E-state index < -0.39 is 10.0 Å². The number of hydrogen-bond donors (Lipinski definition) is 1. The van der Waals surface area contributed by atoms with Crippen molar-refractivity contribution in [2.75, 3.05) is 24.2 Å². The van der Waals surface area contributed by atoms with Gasteiger partial charge >= 0.3 is 0 Å². The third kappa shape index (κ3) is 3.51. The van der Waals surface area contributed by atoms with E-state index in [-0.39, 0.29) is 6.04 Å². The number of rotatable bonds is 3. The van der Waals surface area contributed by atoms with Gasteiger partial charge in [-0.25, -0.2) is 18.1 Å². The quantitative estimate of drug-likeness (QED) is 0.932. The number of sulfonamides is 1. The van der Waals surface area contributed by atoms with Crippen LogP contribution in [0.25, 0.3) is 10.9 Å². The minimum atomic E-state index is -3.14. The van der Waals surface area contributed by atoms with Gasteiger partial charge in [-0.2, -0.15) is 0 Å². The Labute approximate surface area is 135 Å². The Balaban J connectivity index is 1.75. The molecular formula is C15H18ClN3O2S. The molecule has 3 rings (SSSR count). The van der Waals surface area contributed by atoms with Gasteiger partial charge in [-0.3, -0.25) is 0 Å². The smallest absolute Gasteiger partial charge is 0.208 e. The van der Waals surface area contributed by atoms with Crippen LogP contribution in [0.2, 0.25) is 5.02 Å². The first-order valence-corrected chi connectivity index (χ1v) is 9.47. The molecule has 0 radical (unpaired) electrons. The van der Waals surface area contributed by atoms with Crippen LogP contribution in [0.4, 0.5) is 5.82 Å². The van der Waals surface area contributed by atoms with Crippen LogP contribution in [0, 0.1) is 0 Å². The van der Waals surface area contributed by atoms with Crippen molar-refractivity contribution in [2.45, 2.75) is 18.9 Å². The zero-order valence-corrected chi connectivity index (χ0v) is 13.9. The van der Waals surface area contributed by atoms with Crippen molar-refractivity contribution in [3.05, 3.63) is 35.4 Å². The molecule has 1 saturated heterocycles. The Morgan fingerprint density at radius 2 is 1.95 bits per heavy atom. The minimum Gasteiger partial charge on any atom is -0.356 e. The molecule has 0 unspecified atom stereocenters. The fourth-order valence-electron chi connectivity index (χ4n) is 2.81. The molecule has 1 aliphatic heterocycles. The van der Waals surface area contributed by atoms with Gasteiger partial charge in [0.15, 0.2) is 0 Å². The average molecular weight is 340 g/mol. The first-order valence-electron chi connectivity index (χ1n) is 7.20. The standard InChI is InChI=1S/C15H18ClN3O2S/c1-22(20,21)18-12-7-9-19(10-8-12)14-6-5-11-3-2-4-13(16)15(11)17-14/h2-6,12,18H,7-10H2,1H3. The Morgan fingerprint density at radius 3 is 2.64 bits per heavy atom. The van der Waals surface area contributed by atoms with Gasteiger partial charge < -0.3 is 4.90 Å². The molecule has 2 heterocycles. The number of nitrogens with zero attached hydrogens (tertiary/aromatic N) is 2. The number of piperidine rings is 1. The third-order valence-electron chi connectivity index (χ3n) is 3.86. The van der Waals surface area contributed by atoms with Gasteiger partial charge in [-0.1, -0.05) is 23.7 Å². The Bertz CT molecular complexity index is 786. The van der Waals surface area contributed by atoms with Crippen molar-refractivity contribution in [2.24, 2.45) is 0 Å². The molecule has 0 spiro atoms. The number of fused-ring (bicyclic) bond motifs is 1. The van der Waals surface area contributed by atoms with E-state index >= 15 is 0 Å². The molecule has 5 nitrogen and oxygen atoms in total. The summed E-state index contributed by atoms with van der Waals surface area (Å²) in [6, 6.07) is 9.75. The van der Waals surface area contributed by atoms with Gasteiger partial charge in [-0.05, 0) is 31.0 Å². The molecular weight excluding hydrogens is 322 g/mol. The lowest BCUT2D eigenvalue weighted by molar-refractivity contribution is 0.460. The molecule has 1 fully saturated rings. The Hall–Kier alpha value is -1.37. The van der Waals surface area contributed by atoms with Crippen LogP contribution in [0.5, 0.6) is 0 Å². The summed E-state index contributed by atoms with van der Waals surface area (Å²) in [5.41, 5.74) is 0.804. The van der Waals surface area contributed by atoms with E-state index in [0.717, 1.165) is 42.7 Å². The number of pyridine rings is 1. The summed E-state index contributed by atoms with van der Waals surface area (Å²) in [5.74, 6) is 0.887. The van der Waals surface area contributed by atoms with Crippen LogP contribution in [-0.4, -0.2) is 38.8 Å². The molecule has 1 aliphatic rings. The highest BCUT2D eigenvalue weighted by Crippen LogP contribution is 2.26. The molecule has 1 aromatic carbocycles. The Kier molecular flexibility index (Phi) is 4.25. The van der Waals surface area contributed by atoms with Crippen LogP contribution in [-0.2, 0) is 10.0 Å². The molecule has 1 aromatic heterocycles. The van der Waals surface area contributed by atoms with Gasteiger partial charge in [0.05, 0.1) is 16.8 Å². The van der Waals surface area contributed by atoms with E-state index in [1.54, 1.807) is 0 Å². The van der Waals surface area contributed by atoms with E-state index in [0.29, 0.717) is 5.02 Å². The van der Waals surface area contributed by atoms with Crippen molar-refractivity contribution >= 4 is 38.3 Å². The summed E-state index contributed by atoms with van der Waals surface area (Å²) in [7, 11) is -3.14. The predicted octanol–water partition coefficient (Wildman–Crippen LogP) is 2.41. The highest BCUT2D eigenvalue weighted by atomic mass is 35.5. The fourth-order valence-corrected chi connectivity index (χ4v) is 3.87. The highest BCUT2D eigenvalue weighted by Gasteiger charge is 2.22. The third-order valence-corrected chi connectivity index (χ3v) is 4.92. The lowest BCUT2D eigenvalue weighted by Gasteiger charge is -2.32. The normalized spacial score (nSPS) is 17.1. The number of para-hydroxylation sites is 1. The molecule has 0 atom stereocenters. The van der Waals surface area contributed by atoms with Crippen LogP contribution in [0.15, 0.2) is 30.3 Å². The number of hydrogen-bond acceptors (Lipinski definition) is 4. The number of aromatic nitrogens is 1. The molecule has 0 bridgehead atoms. The van der Waals surface area contributed by atoms with Crippen molar-refractivity contribution in [3.8, 4) is 0 Å². The zero-order valence-electron chi connectivity index (χ0n) is 12.3. The number of anilines is 1. The van der Waals surface area contributed by atoms with E-state index in [2.05, 4.69) is 14.6 Å². The SMILES string of the molecule is CS(=O)(=O)NC1CCN(c2ccc3cccc(Cl)c3n2)CC1. The maximum absolute atomic E-state index is 11.3. The van der Waals surface area contributed by atoms with Crippen molar-refractivity contribution in [1.29, 1.82) is 0 Å². The van der Waals surface area contributed by atoms with Crippen LogP contribution in [0.3, 0.4) is 0 Å². The summed E-state index contributed by atoms with van der Waals surface area (Å²) in [6.45, 7) is 1.55. The maximum Gasteiger partial charge on any atom is 0.208 e. The number of benzene rings is 1. The summed E-state index contributed by atoms with van der Waals surface area (Å²) in [5, 5.41) is 1.66. The maximum atomic E-state index is 11.3. The monoisotopic (exact) mass is 339 g/mol. The first kappa shape index (κ1) is 15.5. The largest absolute Gasteiger partial charge is 0.356 e. The van der Waals surface area contributed by atoms with Crippen LogP contribution < -0.4 is 9.62 Å². The predicted molar refractivity (Wildman–Crippen MR) is 90.0 cm³/mol. The lowest BCUT2D eigenvalue weighted by Crippen LogP contribution is -2.44. The highest BCUT2D eigenvalue weighted by molar-refractivity contribution is 7.88. The minimum absolute atomic E-state index is 0.00953. The molecule has 1 N–H and O–H groups in total. The van der Waals surface area contributed by atoms with E-state index in [9.17, 15) is 8.42 Å². The average Bonchev–Trinajstić information content (AvgIpc) is 2.47. The molecule has 7 heteroatoms. The summed E-state index contributed by atoms with van der Waals surface area (Å²) in [6.07, 6.45) is 2.75. The van der Waals surface area contributed by atoms with Crippen LogP contribution in [0.1, 0.15) is 12.8 Å². The van der Waals surface area contributed by atoms with Crippen LogP contribution >= 0.6 is 11.6 Å². The second-order valence-electron chi connectivity index (χ2n) is 5.63. The Morgan fingerprint density at radius 1 is 1.23 bits per heavy atom. The second kappa shape index (κ2) is 6.02. The van der Waals surface area contributed by atoms with Gasteiger partial charge in [-0.15, -0.1) is 0 Å². The lowest BCUT2D eigenvalue weighted by atomic mass is 10.1. The zero-order chi connectivity index (χ0) is 15.7. The number of nitrogens with one attached hydrogen (secondary N) is 1. The summed E-state index contributed by atoms with van der Waals surface area (Å²) >= 11 is 6.21. The van der Waals surface area contributed by atoms with Crippen molar-refractivity contribution in [3.63, 3.8) is 0 Å². The topological polar surface area (TPSA) is 62.3 Å². The molecule has 118 valence electrons. The van der Waals surface area contributed by atoms with Crippen molar-refractivity contribution < 1.29 is 8.42 Å². The second-order valence-corrected chi connectivity index (χ2v) is 7.82. The first-order chi connectivity index (χ1) is 10.4. The van der Waals surface area contributed by atoms with Gasteiger partial charge in [0, 0.05) is 24.5 Å².